The molecule has 1 N–H and O–H groups in total. The molecule has 0 amide bonds. The minimum Gasteiger partial charge on any atom is -0.390 e. The second-order valence-electron chi connectivity index (χ2n) is 9.91. The van der Waals surface area contributed by atoms with Crippen LogP contribution in [0.5, 0.6) is 0 Å². The van der Waals surface area contributed by atoms with Gasteiger partial charge in [-0.2, -0.15) is 0 Å². The lowest BCUT2D eigenvalue weighted by Gasteiger charge is -2.25. The van der Waals surface area contributed by atoms with Crippen molar-refractivity contribution in [3.8, 4) is 0 Å². The lowest BCUT2D eigenvalue weighted by atomic mass is 9.82. The first-order chi connectivity index (χ1) is 15.4. The van der Waals surface area contributed by atoms with E-state index in [4.69, 9.17) is 0 Å². The van der Waals surface area contributed by atoms with E-state index in [0.717, 1.165) is 37.7 Å². The Labute approximate surface area is 200 Å². The predicted octanol–water partition coefficient (Wildman–Crippen LogP) is 7.47. The Morgan fingerprint density at radius 2 is 1.27 bits per heavy atom. The van der Waals surface area contributed by atoms with E-state index < -0.39 is 5.60 Å². The number of hydrogen-bond acceptors (Lipinski definition) is 3. The molecule has 0 spiro atoms. The van der Waals surface area contributed by atoms with Crippen LogP contribution in [0.15, 0.2) is 57.2 Å². The number of aliphatic hydroxyl groups is 1. The molecule has 1 atom stereocenters. The van der Waals surface area contributed by atoms with Crippen LogP contribution < -0.4 is 0 Å². The van der Waals surface area contributed by atoms with E-state index in [1.165, 1.54) is 11.1 Å². The Bertz CT molecular complexity index is 879. The first kappa shape index (κ1) is 29.0. The Morgan fingerprint density at radius 1 is 0.788 bits per heavy atom. The Hall–Kier alpha value is -2.07. The molecule has 0 aromatic rings. The van der Waals surface area contributed by atoms with Crippen LogP contribution in [-0.2, 0) is 9.59 Å². The Morgan fingerprint density at radius 3 is 1.82 bits per heavy atom. The summed E-state index contributed by atoms with van der Waals surface area (Å²) in [4.78, 5) is 24.9. The first-order valence-electron chi connectivity index (χ1n) is 12.1. The minimum absolute atomic E-state index is 0.0593. The third-order valence-corrected chi connectivity index (χ3v) is 6.67. The van der Waals surface area contributed by atoms with Gasteiger partial charge in [0.15, 0.2) is 11.6 Å². The van der Waals surface area contributed by atoms with Gasteiger partial charge in [-0.15, -0.1) is 0 Å². The molecule has 0 bridgehead atoms. The number of alkyl halides is 1. The summed E-state index contributed by atoms with van der Waals surface area (Å²) in [5, 5.41) is 10.8. The number of hydrogen-bond donors (Lipinski definition) is 1. The molecule has 1 rings (SSSR count). The number of halogens is 1. The van der Waals surface area contributed by atoms with E-state index in [1.807, 2.05) is 13.0 Å². The van der Waals surface area contributed by atoms with E-state index in [-0.39, 0.29) is 18.2 Å². The molecule has 0 aromatic heterocycles. The van der Waals surface area contributed by atoms with Crippen LogP contribution in [0.25, 0.3) is 0 Å². The van der Waals surface area contributed by atoms with Crippen LogP contribution in [0.2, 0.25) is 0 Å². The van der Waals surface area contributed by atoms with Gasteiger partial charge in [-0.05, 0) is 105 Å². The molecule has 0 fully saturated rings. The van der Waals surface area contributed by atoms with Crippen molar-refractivity contribution in [1.29, 1.82) is 0 Å². The van der Waals surface area contributed by atoms with Gasteiger partial charge in [0.05, 0.1) is 5.60 Å². The summed E-state index contributed by atoms with van der Waals surface area (Å²) in [6.07, 6.45) is 12.5. The molecular formula is C29H43FO3. The van der Waals surface area contributed by atoms with Crippen molar-refractivity contribution in [3.05, 3.63) is 57.2 Å². The second kappa shape index (κ2) is 13.6. The third kappa shape index (κ3) is 9.75. The summed E-state index contributed by atoms with van der Waals surface area (Å²) >= 11 is 0. The standard InChI is InChI=1S/C29H43FO3/c1-20(13-9-14-22(3)19-30)11-8-12-21(2)15-10-17-29(7,33)18-16-26-25(6)27(31)23(4)24(5)28(26)32/h11,14-15,33H,8-10,12-13,16-19H2,1-7H3/b20-11+,21-15+,22-14+. The topological polar surface area (TPSA) is 54.4 Å². The molecule has 4 heteroatoms. The summed E-state index contributed by atoms with van der Waals surface area (Å²) in [5.41, 5.74) is 4.65. The van der Waals surface area contributed by atoms with E-state index in [9.17, 15) is 19.1 Å². The maximum absolute atomic E-state index is 12.6. The lowest BCUT2D eigenvalue weighted by molar-refractivity contribution is -0.116. The molecule has 1 unspecified atom stereocenters. The quantitative estimate of drug-likeness (QED) is 0.230. The van der Waals surface area contributed by atoms with Crippen molar-refractivity contribution in [2.45, 2.75) is 105 Å². The van der Waals surface area contributed by atoms with Crippen LogP contribution in [0.3, 0.4) is 0 Å². The van der Waals surface area contributed by atoms with Gasteiger partial charge in [0.1, 0.15) is 6.67 Å². The zero-order valence-electron chi connectivity index (χ0n) is 21.7. The third-order valence-electron chi connectivity index (χ3n) is 6.67. The predicted molar refractivity (Wildman–Crippen MR) is 136 cm³/mol. The molecule has 1 aliphatic carbocycles. The van der Waals surface area contributed by atoms with Gasteiger partial charge in [-0.3, -0.25) is 9.59 Å². The smallest absolute Gasteiger partial charge is 0.185 e. The van der Waals surface area contributed by atoms with E-state index in [1.54, 1.807) is 27.7 Å². The van der Waals surface area contributed by atoms with E-state index in [2.05, 4.69) is 26.0 Å². The molecule has 0 aromatic carbocycles. The van der Waals surface area contributed by atoms with Crippen molar-refractivity contribution in [2.24, 2.45) is 0 Å². The highest BCUT2D eigenvalue weighted by molar-refractivity contribution is 6.24. The number of carbonyl (C=O) groups excluding carboxylic acids is 2. The minimum atomic E-state index is -0.890. The Balaban J connectivity index is 2.47. The molecule has 1 aliphatic rings. The van der Waals surface area contributed by atoms with Gasteiger partial charge in [0.25, 0.3) is 0 Å². The fourth-order valence-corrected chi connectivity index (χ4v) is 3.96. The van der Waals surface area contributed by atoms with Gasteiger partial charge in [-0.1, -0.05) is 29.4 Å². The molecule has 33 heavy (non-hydrogen) atoms. The fourth-order valence-electron chi connectivity index (χ4n) is 3.96. The van der Waals surface area contributed by atoms with Gasteiger partial charge in [0.2, 0.25) is 0 Å². The van der Waals surface area contributed by atoms with Crippen LogP contribution in [0.1, 0.15) is 99.8 Å². The summed E-state index contributed by atoms with van der Waals surface area (Å²) in [7, 11) is 0. The SMILES string of the molecule is CC1=C(C)C(=O)C(CCC(C)(O)CC/C=C(\C)CC/C=C(\C)CC/C=C(\C)CF)=C(C)C1=O. The molecule has 0 heterocycles. The van der Waals surface area contributed by atoms with Crippen molar-refractivity contribution in [3.63, 3.8) is 0 Å². The molecule has 0 saturated carbocycles. The van der Waals surface area contributed by atoms with Crippen molar-refractivity contribution >= 4 is 11.6 Å². The number of carbonyl (C=O) groups is 2. The Kier molecular flexibility index (Phi) is 11.9. The average molecular weight is 459 g/mol. The first-order valence-corrected chi connectivity index (χ1v) is 12.1. The van der Waals surface area contributed by atoms with Gasteiger partial charge in [0, 0.05) is 22.3 Å². The summed E-state index contributed by atoms with van der Waals surface area (Å²) in [6, 6.07) is 0. The molecule has 0 saturated heterocycles. The highest BCUT2D eigenvalue weighted by Gasteiger charge is 2.29. The van der Waals surface area contributed by atoms with Crippen LogP contribution in [0.4, 0.5) is 4.39 Å². The fraction of sp³-hybridized carbons (Fsp3) is 0.586. The van der Waals surface area contributed by atoms with Crippen molar-refractivity contribution < 1.29 is 19.1 Å². The van der Waals surface area contributed by atoms with Gasteiger partial charge in [-0.25, -0.2) is 4.39 Å². The highest BCUT2D eigenvalue weighted by atomic mass is 19.1. The summed E-state index contributed by atoms with van der Waals surface area (Å²) < 4.78 is 12.4. The molecule has 3 nitrogen and oxygen atoms in total. The summed E-state index contributed by atoms with van der Waals surface area (Å²) in [6.45, 7) is 12.6. The number of allylic oxidation sites excluding steroid dienone is 10. The number of ketones is 2. The zero-order chi connectivity index (χ0) is 25.2. The molecule has 184 valence electrons. The van der Waals surface area contributed by atoms with E-state index >= 15 is 0 Å². The van der Waals surface area contributed by atoms with Crippen molar-refractivity contribution in [2.75, 3.05) is 6.67 Å². The van der Waals surface area contributed by atoms with Crippen LogP contribution in [-0.4, -0.2) is 28.9 Å². The summed E-state index contributed by atoms with van der Waals surface area (Å²) in [5.74, 6) is -0.121. The van der Waals surface area contributed by atoms with Crippen LogP contribution >= 0.6 is 0 Å². The molecule has 0 aliphatic heterocycles. The van der Waals surface area contributed by atoms with E-state index in [0.29, 0.717) is 41.6 Å². The molecule has 0 radical (unpaired) electrons. The number of Topliss-reactive ketones (excluding diaryl/α,β-unsaturated/α-hetero) is 2. The highest BCUT2D eigenvalue weighted by Crippen LogP contribution is 2.30. The van der Waals surface area contributed by atoms with Crippen molar-refractivity contribution in [1.82, 2.24) is 0 Å². The monoisotopic (exact) mass is 458 g/mol. The normalized spacial score (nSPS) is 18.4. The van der Waals surface area contributed by atoms with Gasteiger partial charge < -0.3 is 5.11 Å². The zero-order valence-corrected chi connectivity index (χ0v) is 21.7. The lowest BCUT2D eigenvalue weighted by Crippen LogP contribution is -2.26. The van der Waals surface area contributed by atoms with Crippen LogP contribution in [0, 0.1) is 0 Å². The van der Waals surface area contributed by atoms with Gasteiger partial charge >= 0.3 is 0 Å². The second-order valence-corrected chi connectivity index (χ2v) is 9.91. The average Bonchev–Trinajstić information content (AvgIpc) is 2.76. The molecular weight excluding hydrogens is 415 g/mol. The maximum atomic E-state index is 12.6. The maximum Gasteiger partial charge on any atom is 0.185 e. The number of rotatable bonds is 13. The largest absolute Gasteiger partial charge is 0.390 e.